The molecule has 3 nitrogen and oxygen atoms in total. The first kappa shape index (κ1) is 9.97. The first-order valence-corrected chi connectivity index (χ1v) is 5.37. The number of rotatable bonds is 0. The fourth-order valence-corrected chi connectivity index (χ4v) is 2.81. The Kier molecular flexibility index (Phi) is 1.94. The lowest BCUT2D eigenvalue weighted by Crippen LogP contribution is -2.63. The Balaban J connectivity index is 2.26. The second kappa shape index (κ2) is 2.72. The number of carbonyl (C=O) groups excluding carboxylic acids is 1. The zero-order valence-corrected chi connectivity index (χ0v) is 9.63. The van der Waals surface area contributed by atoms with Crippen LogP contribution in [0.15, 0.2) is 0 Å². The monoisotopic (exact) mass is 196 g/mol. The minimum absolute atomic E-state index is 0.0190. The highest BCUT2D eigenvalue weighted by molar-refractivity contribution is 5.81. The van der Waals surface area contributed by atoms with Crippen molar-refractivity contribution in [1.29, 1.82) is 0 Å². The molecule has 0 N–H and O–H groups in total. The minimum atomic E-state index is -0.0190. The van der Waals surface area contributed by atoms with Crippen molar-refractivity contribution in [3.05, 3.63) is 0 Å². The van der Waals surface area contributed by atoms with E-state index in [0.29, 0.717) is 12.5 Å². The molecule has 1 aliphatic carbocycles. The molecule has 0 atom stereocenters. The number of likely N-dealkylation sites (N-methyl/N-ethyl adjacent to an activating group) is 1. The minimum Gasteiger partial charge on any atom is -0.330 e. The topological polar surface area (TPSA) is 23.6 Å². The summed E-state index contributed by atoms with van der Waals surface area (Å²) < 4.78 is 0. The Morgan fingerprint density at radius 2 is 1.86 bits per heavy atom. The Morgan fingerprint density at radius 3 is 2.29 bits per heavy atom. The summed E-state index contributed by atoms with van der Waals surface area (Å²) in [5, 5.41) is 0. The predicted octanol–water partition coefficient (Wildman–Crippen LogP) is 1.09. The number of hydrogen-bond donors (Lipinski definition) is 0. The SMILES string of the molecule is CN1CC(=O)N(C(C)(C)C)C2(CC2)C1. The molecule has 3 heteroatoms. The van der Waals surface area contributed by atoms with Crippen LogP contribution in [0.4, 0.5) is 0 Å². The fourth-order valence-electron chi connectivity index (χ4n) is 2.81. The van der Waals surface area contributed by atoms with Crippen LogP contribution in [0, 0.1) is 0 Å². The lowest BCUT2D eigenvalue weighted by Gasteiger charge is -2.48. The largest absolute Gasteiger partial charge is 0.330 e. The second-order valence-corrected chi connectivity index (χ2v) is 5.80. The van der Waals surface area contributed by atoms with Crippen molar-refractivity contribution in [3.8, 4) is 0 Å². The van der Waals surface area contributed by atoms with Gasteiger partial charge in [0.1, 0.15) is 0 Å². The van der Waals surface area contributed by atoms with Crippen LogP contribution >= 0.6 is 0 Å². The zero-order chi connectivity index (χ0) is 10.6. The summed E-state index contributed by atoms with van der Waals surface area (Å²) in [5.41, 5.74) is 0.164. The molecule has 0 aromatic rings. The molecule has 1 saturated carbocycles. The fraction of sp³-hybridized carbons (Fsp3) is 0.909. The van der Waals surface area contributed by atoms with Crippen LogP contribution in [-0.4, -0.2) is 46.9 Å². The molecule has 1 spiro atoms. The zero-order valence-electron chi connectivity index (χ0n) is 9.63. The van der Waals surface area contributed by atoms with E-state index in [-0.39, 0.29) is 11.1 Å². The third-order valence-electron chi connectivity index (χ3n) is 3.19. The van der Waals surface area contributed by atoms with E-state index >= 15 is 0 Å². The molecule has 1 aliphatic heterocycles. The van der Waals surface area contributed by atoms with Crippen molar-refractivity contribution < 1.29 is 4.79 Å². The van der Waals surface area contributed by atoms with E-state index in [1.807, 2.05) is 7.05 Å². The van der Waals surface area contributed by atoms with Gasteiger partial charge < -0.3 is 4.90 Å². The van der Waals surface area contributed by atoms with Crippen molar-refractivity contribution in [3.63, 3.8) is 0 Å². The van der Waals surface area contributed by atoms with Gasteiger partial charge in [-0.1, -0.05) is 0 Å². The van der Waals surface area contributed by atoms with Crippen molar-refractivity contribution in [2.24, 2.45) is 0 Å². The number of hydrogen-bond acceptors (Lipinski definition) is 2. The van der Waals surface area contributed by atoms with E-state index in [1.54, 1.807) is 0 Å². The summed E-state index contributed by atoms with van der Waals surface area (Å²) in [6, 6.07) is 0. The highest BCUT2D eigenvalue weighted by atomic mass is 16.2. The Morgan fingerprint density at radius 1 is 1.29 bits per heavy atom. The number of piperazine rings is 1. The standard InChI is InChI=1S/C11H20N2O/c1-10(2,3)13-9(14)7-12(4)8-11(13)5-6-11/h5-8H2,1-4H3. The lowest BCUT2D eigenvalue weighted by molar-refractivity contribution is -0.147. The van der Waals surface area contributed by atoms with Crippen molar-refractivity contribution in [2.75, 3.05) is 20.1 Å². The Hall–Kier alpha value is -0.570. The van der Waals surface area contributed by atoms with E-state index in [1.165, 1.54) is 12.8 Å². The maximum absolute atomic E-state index is 12.0. The van der Waals surface area contributed by atoms with Crippen LogP contribution in [0.3, 0.4) is 0 Å². The quantitative estimate of drug-likeness (QED) is 0.579. The normalized spacial score (nSPS) is 27.1. The molecule has 14 heavy (non-hydrogen) atoms. The summed E-state index contributed by atoms with van der Waals surface area (Å²) in [6.45, 7) is 8.04. The van der Waals surface area contributed by atoms with Gasteiger partial charge in [-0.25, -0.2) is 0 Å². The van der Waals surface area contributed by atoms with Gasteiger partial charge in [0, 0.05) is 12.1 Å². The van der Waals surface area contributed by atoms with E-state index in [9.17, 15) is 4.79 Å². The van der Waals surface area contributed by atoms with E-state index in [2.05, 4.69) is 30.6 Å². The van der Waals surface area contributed by atoms with Gasteiger partial charge >= 0.3 is 0 Å². The van der Waals surface area contributed by atoms with Gasteiger partial charge in [0.05, 0.1) is 12.1 Å². The summed E-state index contributed by atoms with van der Waals surface area (Å²) in [5.74, 6) is 0.295. The molecule has 1 heterocycles. The third kappa shape index (κ3) is 1.44. The van der Waals surface area contributed by atoms with Crippen molar-refractivity contribution >= 4 is 5.91 Å². The highest BCUT2D eigenvalue weighted by Gasteiger charge is 2.56. The molecular formula is C11H20N2O. The first-order valence-electron chi connectivity index (χ1n) is 5.37. The van der Waals surface area contributed by atoms with Crippen LogP contribution in [0.5, 0.6) is 0 Å². The summed E-state index contributed by atoms with van der Waals surface area (Å²) in [4.78, 5) is 16.3. The molecular weight excluding hydrogens is 176 g/mol. The van der Waals surface area contributed by atoms with Gasteiger partial charge in [-0.15, -0.1) is 0 Å². The molecule has 0 unspecified atom stereocenters. The second-order valence-electron chi connectivity index (χ2n) is 5.80. The van der Waals surface area contributed by atoms with E-state index in [4.69, 9.17) is 0 Å². The van der Waals surface area contributed by atoms with Crippen molar-refractivity contribution in [2.45, 2.75) is 44.7 Å². The lowest BCUT2D eigenvalue weighted by atomic mass is 9.98. The molecule has 0 bridgehead atoms. The maximum Gasteiger partial charge on any atom is 0.237 e. The van der Waals surface area contributed by atoms with Crippen molar-refractivity contribution in [1.82, 2.24) is 9.80 Å². The van der Waals surface area contributed by atoms with Crippen LogP contribution in [0.1, 0.15) is 33.6 Å². The molecule has 2 rings (SSSR count). The number of amides is 1. The van der Waals surface area contributed by atoms with Gasteiger partial charge in [-0.2, -0.15) is 0 Å². The molecule has 0 aromatic carbocycles. The molecule has 2 aliphatic rings. The van der Waals surface area contributed by atoms with E-state index in [0.717, 1.165) is 6.54 Å². The van der Waals surface area contributed by atoms with Crippen LogP contribution in [0.2, 0.25) is 0 Å². The molecule has 1 saturated heterocycles. The van der Waals surface area contributed by atoms with Gasteiger partial charge in [0.15, 0.2) is 0 Å². The van der Waals surface area contributed by atoms with Crippen LogP contribution < -0.4 is 0 Å². The van der Waals surface area contributed by atoms with E-state index < -0.39 is 0 Å². The van der Waals surface area contributed by atoms with Gasteiger partial charge in [0.2, 0.25) is 5.91 Å². The summed E-state index contributed by atoms with van der Waals surface area (Å²) in [7, 11) is 2.04. The Bertz CT molecular complexity index is 263. The first-order chi connectivity index (χ1) is 6.35. The third-order valence-corrected chi connectivity index (χ3v) is 3.19. The summed E-state index contributed by atoms with van der Waals surface area (Å²) >= 11 is 0. The van der Waals surface area contributed by atoms with Gasteiger partial charge in [-0.3, -0.25) is 9.69 Å². The molecule has 80 valence electrons. The Labute approximate surface area is 86.1 Å². The predicted molar refractivity (Wildman–Crippen MR) is 56.1 cm³/mol. The average molecular weight is 196 g/mol. The van der Waals surface area contributed by atoms with Gasteiger partial charge in [-0.05, 0) is 40.7 Å². The molecule has 0 radical (unpaired) electrons. The van der Waals surface area contributed by atoms with Gasteiger partial charge in [0.25, 0.3) is 0 Å². The molecule has 1 amide bonds. The number of carbonyl (C=O) groups is 1. The summed E-state index contributed by atoms with van der Waals surface area (Å²) in [6.07, 6.45) is 2.36. The van der Waals surface area contributed by atoms with Crippen LogP contribution in [-0.2, 0) is 4.79 Å². The van der Waals surface area contributed by atoms with Crippen LogP contribution in [0.25, 0.3) is 0 Å². The smallest absolute Gasteiger partial charge is 0.237 e. The molecule has 0 aromatic heterocycles. The highest BCUT2D eigenvalue weighted by Crippen LogP contribution is 2.47. The average Bonchev–Trinajstić information content (AvgIpc) is 2.62. The number of nitrogens with zero attached hydrogens (tertiary/aromatic N) is 2. The maximum atomic E-state index is 12.0. The molecule has 2 fully saturated rings.